The fraction of sp³-hybridized carbons (Fsp3) is 0.333. The third-order valence-corrected chi connectivity index (χ3v) is 5.35. The van der Waals surface area contributed by atoms with Crippen molar-refractivity contribution in [2.45, 2.75) is 13.0 Å². The smallest absolute Gasteiger partial charge is 0.328 e. The van der Waals surface area contributed by atoms with Crippen molar-refractivity contribution in [1.82, 2.24) is 19.4 Å². The molecule has 0 saturated carbocycles. The highest BCUT2D eigenvalue weighted by Crippen LogP contribution is 2.17. The Bertz CT molecular complexity index is 1160. The Balaban J connectivity index is 1.39. The molecule has 0 radical (unpaired) electrons. The largest absolute Gasteiger partial charge is 0.368 e. The molecular formula is C21H24N6O3. The maximum atomic E-state index is 12.4. The van der Waals surface area contributed by atoms with Crippen LogP contribution in [0.5, 0.6) is 0 Å². The number of amides is 1. The lowest BCUT2D eigenvalue weighted by Crippen LogP contribution is -2.44. The number of nitrogens with one attached hydrogen (secondary N) is 2. The highest BCUT2D eigenvalue weighted by Gasteiger charge is 2.15. The Morgan fingerprint density at radius 3 is 2.60 bits per heavy atom. The second kappa shape index (κ2) is 8.50. The lowest BCUT2D eigenvalue weighted by molar-refractivity contribution is -0.116. The van der Waals surface area contributed by atoms with Gasteiger partial charge in [0.15, 0.2) is 0 Å². The van der Waals surface area contributed by atoms with Crippen LogP contribution in [0.2, 0.25) is 0 Å². The fourth-order valence-electron chi connectivity index (χ4n) is 3.59. The van der Waals surface area contributed by atoms with E-state index in [-0.39, 0.29) is 18.9 Å². The Hall–Kier alpha value is -3.46. The van der Waals surface area contributed by atoms with Gasteiger partial charge in [-0.15, -0.1) is 0 Å². The molecule has 0 spiro atoms. The number of para-hydroxylation sites is 1. The number of pyridine rings is 1. The number of carbonyl (C=O) groups excluding carboxylic acids is 1. The normalized spacial score (nSPS) is 14.8. The zero-order valence-electron chi connectivity index (χ0n) is 16.8. The summed E-state index contributed by atoms with van der Waals surface area (Å²) in [5.74, 6) is 0.216. The molecule has 2 N–H and O–H groups in total. The van der Waals surface area contributed by atoms with Crippen LogP contribution in [0.15, 0.2) is 52.2 Å². The second-order valence-electron chi connectivity index (χ2n) is 7.42. The van der Waals surface area contributed by atoms with Crippen molar-refractivity contribution in [1.29, 1.82) is 0 Å². The number of aromatic amines is 1. The zero-order valence-corrected chi connectivity index (χ0v) is 16.8. The minimum absolute atomic E-state index is 0.0812. The fourth-order valence-corrected chi connectivity index (χ4v) is 3.59. The molecule has 4 rings (SSSR count). The molecule has 0 aliphatic carbocycles. The first-order valence-corrected chi connectivity index (χ1v) is 9.92. The predicted octanol–water partition coefficient (Wildman–Crippen LogP) is 0.865. The van der Waals surface area contributed by atoms with Crippen LogP contribution in [0.4, 0.5) is 11.5 Å². The molecule has 1 aromatic carbocycles. The molecular weight excluding hydrogens is 384 g/mol. The molecule has 2 aromatic heterocycles. The van der Waals surface area contributed by atoms with E-state index in [1.165, 1.54) is 4.57 Å². The summed E-state index contributed by atoms with van der Waals surface area (Å²) < 4.78 is 1.40. The van der Waals surface area contributed by atoms with Gasteiger partial charge in [-0.3, -0.25) is 19.1 Å². The van der Waals surface area contributed by atoms with Crippen LogP contribution < -0.4 is 21.5 Å². The average Bonchev–Trinajstić information content (AvgIpc) is 2.75. The number of hydrogen-bond acceptors (Lipinski definition) is 6. The van der Waals surface area contributed by atoms with Gasteiger partial charge >= 0.3 is 5.69 Å². The van der Waals surface area contributed by atoms with E-state index in [0.29, 0.717) is 16.7 Å². The highest BCUT2D eigenvalue weighted by molar-refractivity contribution is 5.90. The van der Waals surface area contributed by atoms with Gasteiger partial charge in [0.2, 0.25) is 5.91 Å². The third-order valence-electron chi connectivity index (χ3n) is 5.35. The van der Waals surface area contributed by atoms with Gasteiger partial charge in [-0.2, -0.15) is 0 Å². The van der Waals surface area contributed by atoms with Crippen LogP contribution in [-0.2, 0) is 11.3 Å². The summed E-state index contributed by atoms with van der Waals surface area (Å²) >= 11 is 0. The highest BCUT2D eigenvalue weighted by atomic mass is 16.2. The summed E-state index contributed by atoms with van der Waals surface area (Å²) in [6.07, 6.45) is 1.85. The van der Waals surface area contributed by atoms with E-state index in [9.17, 15) is 14.4 Å². The van der Waals surface area contributed by atoms with Gasteiger partial charge in [-0.1, -0.05) is 12.1 Å². The topological polar surface area (TPSA) is 103 Å². The summed E-state index contributed by atoms with van der Waals surface area (Å²) in [5, 5.41) is 3.18. The Morgan fingerprint density at radius 1 is 1.10 bits per heavy atom. The molecule has 1 aliphatic rings. The Kier molecular flexibility index (Phi) is 5.62. The van der Waals surface area contributed by atoms with Crippen molar-refractivity contribution < 1.29 is 4.79 Å². The lowest BCUT2D eigenvalue weighted by Gasteiger charge is -2.33. The maximum absolute atomic E-state index is 12.4. The first-order valence-electron chi connectivity index (χ1n) is 9.92. The van der Waals surface area contributed by atoms with Crippen molar-refractivity contribution in [3.8, 4) is 0 Å². The Morgan fingerprint density at radius 2 is 1.87 bits per heavy atom. The number of likely N-dealkylation sites (N-methyl/N-ethyl adjacent to an activating group) is 1. The lowest BCUT2D eigenvalue weighted by atomic mass is 10.2. The summed E-state index contributed by atoms with van der Waals surface area (Å²) in [4.78, 5) is 47.7. The minimum atomic E-state index is -0.527. The van der Waals surface area contributed by atoms with E-state index < -0.39 is 11.2 Å². The molecule has 1 aliphatic heterocycles. The van der Waals surface area contributed by atoms with Crippen LogP contribution in [0.25, 0.3) is 10.9 Å². The van der Waals surface area contributed by atoms with E-state index in [0.717, 1.165) is 31.9 Å². The number of nitrogens with zero attached hydrogens (tertiary/aromatic N) is 4. The van der Waals surface area contributed by atoms with Gasteiger partial charge in [-0.25, -0.2) is 9.78 Å². The summed E-state index contributed by atoms with van der Waals surface area (Å²) in [7, 11) is 2.11. The van der Waals surface area contributed by atoms with Gasteiger partial charge in [-0.05, 0) is 31.3 Å². The number of benzene rings is 1. The molecule has 1 amide bonds. The SMILES string of the molecule is CN1CCN(c2ccc(NC(=O)CCn3c(=O)[nH]c(=O)c4ccccc43)nc2)CC1. The molecule has 0 unspecified atom stereocenters. The van der Waals surface area contributed by atoms with Crippen molar-refractivity contribution in [2.75, 3.05) is 43.4 Å². The standard InChI is InChI=1S/C21H24N6O3/c1-25-10-12-26(13-11-25)15-6-7-18(22-14-15)23-19(28)8-9-27-17-5-3-2-4-16(17)20(29)24-21(27)30/h2-7,14H,8-13H2,1H3,(H,22,23,28)(H,24,29,30). The van der Waals surface area contributed by atoms with Crippen molar-refractivity contribution >= 4 is 28.3 Å². The first kappa shape index (κ1) is 19.8. The predicted molar refractivity (Wildman–Crippen MR) is 116 cm³/mol. The second-order valence-corrected chi connectivity index (χ2v) is 7.42. The number of anilines is 2. The molecule has 156 valence electrons. The van der Waals surface area contributed by atoms with E-state index in [4.69, 9.17) is 0 Å². The number of aromatic nitrogens is 3. The van der Waals surface area contributed by atoms with Gasteiger partial charge in [0.25, 0.3) is 5.56 Å². The maximum Gasteiger partial charge on any atom is 0.328 e. The van der Waals surface area contributed by atoms with Crippen LogP contribution in [0.1, 0.15) is 6.42 Å². The molecule has 3 aromatic rings. The zero-order chi connectivity index (χ0) is 21.1. The molecule has 9 heteroatoms. The monoisotopic (exact) mass is 408 g/mol. The quantitative estimate of drug-likeness (QED) is 0.649. The molecule has 1 saturated heterocycles. The van der Waals surface area contributed by atoms with Gasteiger partial charge in [0.05, 0.1) is 22.8 Å². The third kappa shape index (κ3) is 4.25. The minimum Gasteiger partial charge on any atom is -0.368 e. The van der Waals surface area contributed by atoms with Crippen LogP contribution in [0, 0.1) is 0 Å². The summed E-state index contributed by atoms with van der Waals surface area (Å²) in [6, 6.07) is 10.6. The number of aryl methyl sites for hydroxylation is 1. The van der Waals surface area contributed by atoms with E-state index in [1.54, 1.807) is 36.5 Å². The molecule has 9 nitrogen and oxygen atoms in total. The Labute approximate surface area is 173 Å². The van der Waals surface area contributed by atoms with Crippen molar-refractivity contribution in [2.24, 2.45) is 0 Å². The molecule has 30 heavy (non-hydrogen) atoms. The molecule has 0 atom stereocenters. The number of carbonyl (C=O) groups is 1. The average molecular weight is 408 g/mol. The van der Waals surface area contributed by atoms with E-state index in [1.807, 2.05) is 6.07 Å². The summed E-state index contributed by atoms with van der Waals surface area (Å²) in [6.45, 7) is 4.08. The van der Waals surface area contributed by atoms with Crippen LogP contribution >= 0.6 is 0 Å². The number of rotatable bonds is 5. The first-order chi connectivity index (χ1) is 14.5. The van der Waals surface area contributed by atoms with Crippen LogP contribution in [0.3, 0.4) is 0 Å². The van der Waals surface area contributed by atoms with Gasteiger partial charge < -0.3 is 15.1 Å². The molecule has 3 heterocycles. The van der Waals surface area contributed by atoms with Crippen molar-refractivity contribution in [3.63, 3.8) is 0 Å². The van der Waals surface area contributed by atoms with Gasteiger partial charge in [0, 0.05) is 39.1 Å². The number of hydrogen-bond donors (Lipinski definition) is 2. The van der Waals surface area contributed by atoms with Crippen LogP contribution in [-0.4, -0.2) is 58.6 Å². The van der Waals surface area contributed by atoms with Gasteiger partial charge in [0.1, 0.15) is 5.82 Å². The number of piperazine rings is 1. The van der Waals surface area contributed by atoms with Crippen molar-refractivity contribution in [3.05, 3.63) is 63.4 Å². The summed E-state index contributed by atoms with van der Waals surface area (Å²) in [5.41, 5.74) is 0.586. The van der Waals surface area contributed by atoms with E-state index >= 15 is 0 Å². The molecule has 0 bridgehead atoms. The number of H-pyrrole nitrogens is 1. The van der Waals surface area contributed by atoms with E-state index in [2.05, 4.69) is 32.1 Å². The number of fused-ring (bicyclic) bond motifs is 1. The molecule has 1 fully saturated rings.